The predicted octanol–water partition coefficient (Wildman–Crippen LogP) is 1.13. The van der Waals surface area contributed by atoms with E-state index in [0.29, 0.717) is 12.1 Å². The van der Waals surface area contributed by atoms with Gasteiger partial charge in [0.05, 0.1) is 0 Å². The first-order valence-corrected chi connectivity index (χ1v) is 4.26. The van der Waals surface area contributed by atoms with Crippen LogP contribution in [0.15, 0.2) is 11.0 Å². The molecular formula is C9H14N2O. The predicted molar refractivity (Wildman–Crippen MR) is 48.3 cm³/mol. The number of aromatic nitrogens is 2. The molecule has 0 amide bonds. The van der Waals surface area contributed by atoms with E-state index in [2.05, 4.69) is 4.98 Å². The van der Waals surface area contributed by atoms with Gasteiger partial charge in [-0.25, -0.2) is 4.98 Å². The van der Waals surface area contributed by atoms with Gasteiger partial charge >= 0.3 is 0 Å². The highest BCUT2D eigenvalue weighted by molar-refractivity contribution is 5.05. The number of hydrogen-bond donors (Lipinski definition) is 0. The van der Waals surface area contributed by atoms with Crippen molar-refractivity contribution in [3.8, 4) is 0 Å². The van der Waals surface area contributed by atoms with Gasteiger partial charge in [0.1, 0.15) is 5.82 Å². The van der Waals surface area contributed by atoms with E-state index >= 15 is 0 Å². The zero-order chi connectivity index (χ0) is 9.14. The third-order valence-corrected chi connectivity index (χ3v) is 1.93. The van der Waals surface area contributed by atoms with E-state index in [9.17, 15) is 4.79 Å². The van der Waals surface area contributed by atoms with Gasteiger partial charge in [-0.2, -0.15) is 0 Å². The second-order valence-corrected chi connectivity index (χ2v) is 2.76. The van der Waals surface area contributed by atoms with Gasteiger partial charge in [0.15, 0.2) is 0 Å². The first kappa shape index (κ1) is 8.97. The molecule has 3 nitrogen and oxygen atoms in total. The van der Waals surface area contributed by atoms with Gasteiger partial charge in [-0.15, -0.1) is 0 Å². The molecule has 0 radical (unpaired) electrons. The molecule has 3 heteroatoms. The van der Waals surface area contributed by atoms with Crippen molar-refractivity contribution >= 4 is 0 Å². The lowest BCUT2D eigenvalue weighted by Gasteiger charge is -2.07. The molecule has 0 fully saturated rings. The molecule has 12 heavy (non-hydrogen) atoms. The normalized spacial score (nSPS) is 10.2. The molecule has 0 atom stereocenters. The Kier molecular flexibility index (Phi) is 2.63. The summed E-state index contributed by atoms with van der Waals surface area (Å²) < 4.78 is 1.72. The standard InChI is InChI=1S/C9H14N2O/c1-4-8-10-6-7(3)9(12)11(8)5-2/h6H,4-5H2,1-3H3. The molecule has 0 spiro atoms. The zero-order valence-electron chi connectivity index (χ0n) is 7.79. The molecule has 66 valence electrons. The minimum Gasteiger partial charge on any atom is -0.297 e. The highest BCUT2D eigenvalue weighted by atomic mass is 16.1. The van der Waals surface area contributed by atoms with Crippen molar-refractivity contribution in [2.45, 2.75) is 33.7 Å². The highest BCUT2D eigenvalue weighted by Gasteiger charge is 2.02. The Morgan fingerprint density at radius 3 is 2.67 bits per heavy atom. The van der Waals surface area contributed by atoms with Crippen LogP contribution in [-0.2, 0) is 13.0 Å². The van der Waals surface area contributed by atoms with Crippen LogP contribution in [0.3, 0.4) is 0 Å². The summed E-state index contributed by atoms with van der Waals surface area (Å²) in [6.07, 6.45) is 2.46. The fraction of sp³-hybridized carbons (Fsp3) is 0.556. The van der Waals surface area contributed by atoms with E-state index in [4.69, 9.17) is 0 Å². The van der Waals surface area contributed by atoms with Crippen molar-refractivity contribution in [2.24, 2.45) is 0 Å². The van der Waals surface area contributed by atoms with Crippen LogP contribution >= 0.6 is 0 Å². The van der Waals surface area contributed by atoms with Crippen LogP contribution in [-0.4, -0.2) is 9.55 Å². The number of rotatable bonds is 2. The van der Waals surface area contributed by atoms with Gasteiger partial charge in [-0.3, -0.25) is 9.36 Å². The van der Waals surface area contributed by atoms with E-state index in [1.165, 1.54) is 0 Å². The second-order valence-electron chi connectivity index (χ2n) is 2.76. The van der Waals surface area contributed by atoms with E-state index < -0.39 is 0 Å². The molecule has 0 aliphatic heterocycles. The molecule has 1 aromatic heterocycles. The van der Waals surface area contributed by atoms with Crippen LogP contribution in [0.4, 0.5) is 0 Å². The van der Waals surface area contributed by atoms with Crippen LogP contribution in [0.1, 0.15) is 25.2 Å². The monoisotopic (exact) mass is 166 g/mol. The van der Waals surface area contributed by atoms with Crippen LogP contribution < -0.4 is 5.56 Å². The summed E-state index contributed by atoms with van der Waals surface area (Å²) in [5, 5.41) is 0. The van der Waals surface area contributed by atoms with Crippen molar-refractivity contribution in [1.29, 1.82) is 0 Å². The van der Waals surface area contributed by atoms with Gasteiger partial charge in [-0.05, 0) is 13.8 Å². The van der Waals surface area contributed by atoms with Crippen LogP contribution in [0.25, 0.3) is 0 Å². The van der Waals surface area contributed by atoms with E-state index in [-0.39, 0.29) is 5.56 Å². The van der Waals surface area contributed by atoms with Crippen molar-refractivity contribution < 1.29 is 0 Å². The highest BCUT2D eigenvalue weighted by Crippen LogP contribution is 1.94. The SMILES string of the molecule is CCc1ncc(C)c(=O)n1CC. The molecule has 1 heterocycles. The summed E-state index contributed by atoms with van der Waals surface area (Å²) in [4.78, 5) is 15.7. The van der Waals surface area contributed by atoms with Crippen molar-refractivity contribution in [2.75, 3.05) is 0 Å². The van der Waals surface area contributed by atoms with Crippen LogP contribution in [0.5, 0.6) is 0 Å². The first-order valence-electron chi connectivity index (χ1n) is 4.26. The fourth-order valence-electron chi connectivity index (χ4n) is 1.23. The average Bonchev–Trinajstić information content (AvgIpc) is 2.09. The molecule has 1 rings (SSSR count). The zero-order valence-corrected chi connectivity index (χ0v) is 7.79. The Labute approximate surface area is 72.1 Å². The lowest BCUT2D eigenvalue weighted by molar-refractivity contribution is 0.646. The van der Waals surface area contributed by atoms with Gasteiger partial charge in [-0.1, -0.05) is 6.92 Å². The Balaban J connectivity index is 3.36. The fourth-order valence-corrected chi connectivity index (χ4v) is 1.23. The average molecular weight is 166 g/mol. The summed E-state index contributed by atoms with van der Waals surface area (Å²) >= 11 is 0. The van der Waals surface area contributed by atoms with E-state index in [0.717, 1.165) is 12.2 Å². The minimum atomic E-state index is 0.0874. The molecule has 0 aromatic carbocycles. The largest absolute Gasteiger partial charge is 0.297 e. The summed E-state index contributed by atoms with van der Waals surface area (Å²) in [5.41, 5.74) is 0.804. The van der Waals surface area contributed by atoms with Gasteiger partial charge in [0.25, 0.3) is 5.56 Å². The number of hydrogen-bond acceptors (Lipinski definition) is 2. The van der Waals surface area contributed by atoms with E-state index in [1.54, 1.807) is 17.7 Å². The summed E-state index contributed by atoms with van der Waals surface area (Å²) in [7, 11) is 0. The maximum Gasteiger partial charge on any atom is 0.256 e. The van der Waals surface area contributed by atoms with Crippen LogP contribution in [0.2, 0.25) is 0 Å². The third kappa shape index (κ3) is 1.40. The minimum absolute atomic E-state index is 0.0874. The molecule has 0 N–H and O–H groups in total. The quantitative estimate of drug-likeness (QED) is 0.660. The lowest BCUT2D eigenvalue weighted by atomic mass is 10.3. The first-order chi connectivity index (χ1) is 5.70. The Morgan fingerprint density at radius 1 is 1.50 bits per heavy atom. The number of aryl methyl sites for hydroxylation is 2. The van der Waals surface area contributed by atoms with Crippen molar-refractivity contribution in [3.05, 3.63) is 27.9 Å². The van der Waals surface area contributed by atoms with Gasteiger partial charge < -0.3 is 0 Å². The lowest BCUT2D eigenvalue weighted by Crippen LogP contribution is -2.25. The van der Waals surface area contributed by atoms with Crippen LogP contribution in [0, 0.1) is 6.92 Å². The van der Waals surface area contributed by atoms with Gasteiger partial charge in [0.2, 0.25) is 0 Å². The Bertz CT molecular complexity index is 328. The third-order valence-electron chi connectivity index (χ3n) is 1.93. The maximum atomic E-state index is 11.5. The molecule has 0 saturated heterocycles. The molecule has 0 bridgehead atoms. The summed E-state index contributed by atoms with van der Waals surface area (Å²) in [6.45, 7) is 6.46. The molecule has 0 unspecified atom stereocenters. The topological polar surface area (TPSA) is 34.9 Å². The summed E-state index contributed by atoms with van der Waals surface area (Å²) in [5.74, 6) is 0.869. The molecule has 1 aromatic rings. The van der Waals surface area contributed by atoms with Crippen molar-refractivity contribution in [3.63, 3.8) is 0 Å². The molecular weight excluding hydrogens is 152 g/mol. The van der Waals surface area contributed by atoms with E-state index in [1.807, 2.05) is 13.8 Å². The van der Waals surface area contributed by atoms with Crippen molar-refractivity contribution in [1.82, 2.24) is 9.55 Å². The smallest absolute Gasteiger partial charge is 0.256 e. The Morgan fingerprint density at radius 2 is 2.17 bits per heavy atom. The maximum absolute atomic E-state index is 11.5. The summed E-state index contributed by atoms with van der Waals surface area (Å²) in [6, 6.07) is 0. The van der Waals surface area contributed by atoms with Gasteiger partial charge in [0, 0.05) is 24.7 Å². The molecule has 0 aliphatic rings. The second kappa shape index (κ2) is 3.52. The number of nitrogens with zero attached hydrogens (tertiary/aromatic N) is 2. The molecule has 0 saturated carbocycles. The Hall–Kier alpha value is -1.12. The molecule has 0 aliphatic carbocycles.